The number of fused-ring (bicyclic) bond motifs is 1. The molecular formula is C27H31N5O2. The maximum atomic E-state index is 5.80. The van der Waals surface area contributed by atoms with E-state index in [4.69, 9.17) is 19.6 Å². The van der Waals surface area contributed by atoms with Crippen LogP contribution in [0.2, 0.25) is 0 Å². The van der Waals surface area contributed by atoms with Gasteiger partial charge in [0.05, 0.1) is 25.1 Å². The van der Waals surface area contributed by atoms with Gasteiger partial charge in [0.25, 0.3) is 0 Å². The molecule has 1 fully saturated rings. The van der Waals surface area contributed by atoms with Crippen LogP contribution in [-0.4, -0.2) is 54.5 Å². The van der Waals surface area contributed by atoms with Gasteiger partial charge in [0.2, 0.25) is 0 Å². The summed E-state index contributed by atoms with van der Waals surface area (Å²) in [6, 6.07) is 18.5. The Hall–Kier alpha value is -3.74. The molecule has 1 saturated heterocycles. The molecule has 0 saturated carbocycles. The molecule has 0 bridgehead atoms. The van der Waals surface area contributed by atoms with Crippen molar-refractivity contribution in [1.82, 2.24) is 14.6 Å². The molecule has 1 aliphatic heterocycles. The van der Waals surface area contributed by atoms with Crippen LogP contribution in [0.5, 0.6) is 11.5 Å². The molecule has 0 amide bonds. The van der Waals surface area contributed by atoms with Crippen molar-refractivity contribution in [2.45, 2.75) is 19.8 Å². The number of anilines is 2. The number of unbranched alkanes of at least 4 members (excludes halogenated alkanes) is 1. The van der Waals surface area contributed by atoms with Gasteiger partial charge in [-0.2, -0.15) is 5.10 Å². The van der Waals surface area contributed by atoms with Crippen molar-refractivity contribution in [3.8, 4) is 22.8 Å². The Morgan fingerprint density at radius 1 is 0.941 bits per heavy atom. The van der Waals surface area contributed by atoms with Gasteiger partial charge in [0.1, 0.15) is 17.0 Å². The van der Waals surface area contributed by atoms with E-state index in [0.717, 1.165) is 85.4 Å². The lowest BCUT2D eigenvalue weighted by Crippen LogP contribution is -2.47. The number of hydrogen-bond donors (Lipinski definition) is 0. The Morgan fingerprint density at radius 3 is 2.47 bits per heavy atom. The highest BCUT2D eigenvalue weighted by Gasteiger charge is 2.22. The first-order valence-electron chi connectivity index (χ1n) is 12.0. The molecule has 176 valence electrons. The predicted octanol–water partition coefficient (Wildman–Crippen LogP) is 4.91. The second-order valence-electron chi connectivity index (χ2n) is 8.48. The largest absolute Gasteiger partial charge is 0.495 e. The summed E-state index contributed by atoms with van der Waals surface area (Å²) in [5.41, 5.74) is 4.16. The second-order valence-corrected chi connectivity index (χ2v) is 8.48. The van der Waals surface area contributed by atoms with Crippen molar-refractivity contribution >= 4 is 17.0 Å². The van der Waals surface area contributed by atoms with Gasteiger partial charge < -0.3 is 19.3 Å². The van der Waals surface area contributed by atoms with Crippen LogP contribution in [0.3, 0.4) is 0 Å². The summed E-state index contributed by atoms with van der Waals surface area (Å²) in [6.07, 6.45) is 5.94. The summed E-state index contributed by atoms with van der Waals surface area (Å²) < 4.78 is 13.3. The summed E-state index contributed by atoms with van der Waals surface area (Å²) in [4.78, 5) is 9.45. The number of rotatable bonds is 8. The third-order valence-corrected chi connectivity index (χ3v) is 6.29. The van der Waals surface area contributed by atoms with Gasteiger partial charge in [-0.25, -0.2) is 9.50 Å². The topological polar surface area (TPSA) is 55.1 Å². The smallest absolute Gasteiger partial charge is 0.154 e. The lowest BCUT2D eigenvalue weighted by atomic mass is 10.1. The number of ether oxygens (including phenoxy) is 2. The zero-order valence-corrected chi connectivity index (χ0v) is 19.9. The average molecular weight is 458 g/mol. The fraction of sp³-hybridized carbons (Fsp3) is 0.333. The third-order valence-electron chi connectivity index (χ3n) is 6.29. The van der Waals surface area contributed by atoms with Crippen LogP contribution >= 0.6 is 0 Å². The normalized spacial score (nSPS) is 13.9. The number of nitrogens with zero attached hydrogens (tertiary/aromatic N) is 5. The van der Waals surface area contributed by atoms with Crippen LogP contribution in [-0.2, 0) is 0 Å². The maximum absolute atomic E-state index is 5.80. The Labute approximate surface area is 200 Å². The molecule has 1 aliphatic rings. The van der Waals surface area contributed by atoms with E-state index < -0.39 is 0 Å². The highest BCUT2D eigenvalue weighted by atomic mass is 16.5. The lowest BCUT2D eigenvalue weighted by Gasteiger charge is -2.37. The molecule has 0 aliphatic carbocycles. The fourth-order valence-electron chi connectivity index (χ4n) is 4.40. The van der Waals surface area contributed by atoms with Crippen molar-refractivity contribution in [2.24, 2.45) is 0 Å². The third kappa shape index (κ3) is 4.51. The molecule has 34 heavy (non-hydrogen) atoms. The van der Waals surface area contributed by atoms with Gasteiger partial charge in [0, 0.05) is 44.1 Å². The van der Waals surface area contributed by atoms with E-state index in [1.54, 1.807) is 7.11 Å². The summed E-state index contributed by atoms with van der Waals surface area (Å²) >= 11 is 0. The molecule has 0 N–H and O–H groups in total. The van der Waals surface area contributed by atoms with Crippen LogP contribution in [0.1, 0.15) is 19.8 Å². The lowest BCUT2D eigenvalue weighted by molar-refractivity contribution is 0.309. The van der Waals surface area contributed by atoms with Gasteiger partial charge in [-0.1, -0.05) is 25.5 Å². The fourth-order valence-corrected chi connectivity index (χ4v) is 4.40. The van der Waals surface area contributed by atoms with Crippen molar-refractivity contribution in [3.05, 3.63) is 67.0 Å². The summed E-state index contributed by atoms with van der Waals surface area (Å²) in [7, 11) is 1.73. The Kier molecular flexibility index (Phi) is 6.51. The summed E-state index contributed by atoms with van der Waals surface area (Å²) in [6.45, 7) is 6.50. The van der Waals surface area contributed by atoms with Crippen molar-refractivity contribution < 1.29 is 9.47 Å². The zero-order valence-electron chi connectivity index (χ0n) is 19.9. The molecule has 0 radical (unpaired) electrons. The predicted molar refractivity (Wildman–Crippen MR) is 136 cm³/mol. The molecule has 2 aromatic carbocycles. The number of piperazine rings is 1. The van der Waals surface area contributed by atoms with E-state index in [9.17, 15) is 0 Å². The average Bonchev–Trinajstić information content (AvgIpc) is 3.34. The van der Waals surface area contributed by atoms with Gasteiger partial charge in [0.15, 0.2) is 5.82 Å². The molecular weight excluding hydrogens is 426 g/mol. The van der Waals surface area contributed by atoms with Crippen molar-refractivity contribution in [2.75, 3.05) is 49.7 Å². The molecule has 4 aromatic rings. The van der Waals surface area contributed by atoms with Crippen LogP contribution in [0.15, 0.2) is 67.0 Å². The maximum Gasteiger partial charge on any atom is 0.154 e. The van der Waals surface area contributed by atoms with Crippen molar-refractivity contribution in [1.29, 1.82) is 0 Å². The first-order valence-corrected chi connectivity index (χ1v) is 12.0. The molecule has 2 aromatic heterocycles. The molecule has 3 heterocycles. The quantitative estimate of drug-likeness (QED) is 0.351. The molecule has 0 unspecified atom stereocenters. The van der Waals surface area contributed by atoms with Crippen LogP contribution in [0, 0.1) is 0 Å². The number of benzene rings is 2. The number of hydrogen-bond acceptors (Lipinski definition) is 6. The second kappa shape index (κ2) is 10.0. The molecule has 0 atom stereocenters. The minimum atomic E-state index is 0.754. The zero-order chi connectivity index (χ0) is 23.3. The standard InChI is InChI=1S/C27H31N5O2/c1-3-4-19-34-22-11-9-21(10-12-22)23-20-25-27(28-13-14-32(25)29-23)31-17-15-30(16-18-31)24-7-5-6-8-26(24)33-2/h5-14,20H,3-4,15-19H2,1-2H3. The highest BCUT2D eigenvalue weighted by molar-refractivity contribution is 5.75. The number of methoxy groups -OCH3 is 1. The monoisotopic (exact) mass is 457 g/mol. The Morgan fingerprint density at radius 2 is 1.71 bits per heavy atom. The molecule has 7 nitrogen and oxygen atoms in total. The van der Waals surface area contributed by atoms with E-state index in [1.165, 1.54) is 0 Å². The van der Waals surface area contributed by atoms with E-state index in [2.05, 4.69) is 47.1 Å². The van der Waals surface area contributed by atoms with Crippen molar-refractivity contribution in [3.63, 3.8) is 0 Å². The Balaban J connectivity index is 1.32. The van der Waals surface area contributed by atoms with Crippen LogP contribution in [0.4, 0.5) is 11.5 Å². The molecule has 0 spiro atoms. The molecule has 7 heteroatoms. The molecule has 5 rings (SSSR count). The van der Waals surface area contributed by atoms with Gasteiger partial charge in [-0.3, -0.25) is 0 Å². The Bertz CT molecular complexity index is 1230. The van der Waals surface area contributed by atoms with E-state index in [0.29, 0.717) is 0 Å². The van der Waals surface area contributed by atoms with E-state index >= 15 is 0 Å². The van der Waals surface area contributed by atoms with Crippen LogP contribution in [0.25, 0.3) is 16.8 Å². The SMILES string of the molecule is CCCCOc1ccc(-c2cc3c(N4CCN(c5ccccc5OC)CC4)nccn3n2)cc1. The van der Waals surface area contributed by atoms with Crippen LogP contribution < -0.4 is 19.3 Å². The van der Waals surface area contributed by atoms with Gasteiger partial charge >= 0.3 is 0 Å². The highest BCUT2D eigenvalue weighted by Crippen LogP contribution is 2.31. The number of para-hydroxylation sites is 2. The minimum absolute atomic E-state index is 0.754. The minimum Gasteiger partial charge on any atom is -0.495 e. The first-order chi connectivity index (χ1) is 16.8. The first kappa shape index (κ1) is 22.1. The number of aromatic nitrogens is 3. The van der Waals surface area contributed by atoms with Gasteiger partial charge in [-0.05, 0) is 48.9 Å². The summed E-state index contributed by atoms with van der Waals surface area (Å²) in [5.74, 6) is 2.79. The van der Waals surface area contributed by atoms with E-state index in [1.807, 2.05) is 41.2 Å². The van der Waals surface area contributed by atoms with E-state index in [-0.39, 0.29) is 0 Å². The summed E-state index contributed by atoms with van der Waals surface area (Å²) in [5, 5.41) is 4.81. The van der Waals surface area contributed by atoms with Gasteiger partial charge in [-0.15, -0.1) is 0 Å².